The molecule has 12 rings (SSSR count). The van der Waals surface area contributed by atoms with Crippen molar-refractivity contribution in [1.29, 1.82) is 0 Å². The number of nitro benzene ring substituents is 2. The molecule has 0 saturated heterocycles. The lowest BCUT2D eigenvalue weighted by Gasteiger charge is -2.42. The summed E-state index contributed by atoms with van der Waals surface area (Å²) in [7, 11) is 3.19. The topological polar surface area (TPSA) is 294 Å². The number of benzene rings is 7. The van der Waals surface area contributed by atoms with Gasteiger partial charge in [0.05, 0.1) is 30.6 Å². The van der Waals surface area contributed by atoms with Crippen LogP contribution in [0.1, 0.15) is 163 Å². The molecule has 0 aliphatic carbocycles. The van der Waals surface area contributed by atoms with Crippen LogP contribution in [-0.2, 0) is 64.5 Å². The fraction of sp³-hybridized carbons (Fsp3) is 0.472. The van der Waals surface area contributed by atoms with Crippen LogP contribution in [0.5, 0.6) is 11.5 Å². The number of nitrogens with two attached hydrogens (primary N) is 3. The Hall–Kier alpha value is -11.6. The summed E-state index contributed by atoms with van der Waals surface area (Å²) in [5.74, 6) is -2.11. The molecule has 0 radical (unpaired) electrons. The highest BCUT2D eigenvalue weighted by atomic mass is 19.2. The van der Waals surface area contributed by atoms with E-state index >= 15 is 4.39 Å². The van der Waals surface area contributed by atoms with Crippen LogP contribution in [0, 0.1) is 63.2 Å². The Morgan fingerprint density at radius 2 is 0.746 bits per heavy atom. The zero-order valence-electron chi connectivity index (χ0n) is 69.3. The third-order valence-corrected chi connectivity index (χ3v) is 21.3. The lowest BCUT2D eigenvalue weighted by Crippen LogP contribution is -2.54. The minimum atomic E-state index is -2.07. The second-order valence-electron chi connectivity index (χ2n) is 30.6. The van der Waals surface area contributed by atoms with E-state index in [1.165, 1.54) is 111 Å². The zero-order chi connectivity index (χ0) is 90.9. The molecule has 22 nitrogen and oxygen atoms in total. The fourth-order valence-corrected chi connectivity index (χ4v) is 14.5. The quantitative estimate of drug-likeness (QED) is 0.0311. The highest BCUT2D eigenvalue weighted by Crippen LogP contribution is 2.47. The number of nitrogen functional groups attached to an aromatic ring is 1. The van der Waals surface area contributed by atoms with Gasteiger partial charge in [-0.2, -0.15) is 0 Å². The van der Waals surface area contributed by atoms with E-state index in [0.29, 0.717) is 23.7 Å². The molecule has 0 spiro atoms. The summed E-state index contributed by atoms with van der Waals surface area (Å²) in [4.78, 5) is 42.2. The van der Waals surface area contributed by atoms with Gasteiger partial charge >= 0.3 is 0 Å². The minimum Gasteiger partial charge on any atom is -0.497 e. The molecule has 0 bridgehead atoms. The average molecular weight is 1800 g/mol. The highest BCUT2D eigenvalue weighted by molar-refractivity contribution is 5.78. The Labute approximate surface area is 724 Å². The monoisotopic (exact) mass is 1800 g/mol. The maximum absolute atomic E-state index is 15.9. The summed E-state index contributed by atoms with van der Waals surface area (Å²) in [6.07, 6.45) is -25.1. The van der Waals surface area contributed by atoms with Gasteiger partial charge in [0, 0.05) is 83.7 Å². The molecule has 7 aromatic rings. The molecule has 0 unspecified atom stereocenters. The number of nitro groups is 2. The van der Waals surface area contributed by atoms with E-state index in [2.05, 4.69) is 25.0 Å². The number of alkyl halides is 10. The highest BCUT2D eigenvalue weighted by Gasteiger charge is 2.55. The molecule has 0 fully saturated rings. The van der Waals surface area contributed by atoms with Crippen LogP contribution in [0.25, 0.3) is 0 Å². The number of aryl methyl sites for hydroxylation is 2. The number of anilines is 1. The third-order valence-electron chi connectivity index (χ3n) is 21.3. The largest absolute Gasteiger partial charge is 0.497 e. The van der Waals surface area contributed by atoms with Gasteiger partial charge < -0.3 is 55.3 Å². The Balaban J connectivity index is 0.000000338. The van der Waals surface area contributed by atoms with E-state index in [4.69, 9.17) is 50.4 Å². The van der Waals surface area contributed by atoms with Crippen LogP contribution in [-0.4, -0.2) is 151 Å². The molecule has 694 valence electrons. The number of amidine groups is 3. The molecule has 20 atom stereocenters. The standard InChI is InChI=1S/C31H35F3N2O3.C14H15F3N2O3.C14H17F3N2O.C13H14F3N3O3.C13H15F3N2O.4CH4/c1-19-11-12-23(27(15-19)38-6)18-36(17-22-13-14-24(37-5)16-20(22)2)30-35-31(4,25-9-7-8-10-26(25)33)29(34)28(39-30)21(3)32;1-7(15)12-13(17)14(3,18-8(2)22-12)10-6-9(19(20)21)4-5-11(10)16;1-7(15)12-13(17)14(3,19-8(2)20-12)10-6-9(18)4-5-11(10)16;1-6(14)10-11(16)13(2,18-12(17)22-10)8-5-7(19(20)21)3-4-9(8)15;1-7(14)10-11(16)13(2,18-12(17)19-10)8-5-3-4-6-9(8)15;;;;/h7-16,21,28-29H,17-18H2,1-6H3;4-7,12-13H,1-3H3;4-7,12-13H,18H2,1-3H3;3-6,10-11H,1-2H3,(H2,17,18);3-7,10-11H,1-2H3,(H2,17,18);4*1H4/t21-,28+,29-,31+;2*7-,12+,13-,14+;6-,10+,11-,13+;7-,10+,11-,13+;;;;/m00000..../s1. The number of non-ortho nitro benzene ring substituents is 2. The van der Waals surface area contributed by atoms with Crippen LogP contribution in [0.4, 0.5) is 82.9 Å². The molecule has 126 heavy (non-hydrogen) atoms. The number of ether oxygens (including phenoxy) is 7. The first kappa shape index (κ1) is 107. The molecule has 5 aliphatic rings. The number of nitrogens with zero attached hydrogens (tertiary/aromatic N) is 8. The Bertz CT molecular complexity index is 4950. The van der Waals surface area contributed by atoms with Crippen molar-refractivity contribution in [2.45, 2.75) is 260 Å². The van der Waals surface area contributed by atoms with Crippen molar-refractivity contribution < 1.29 is 109 Å². The van der Waals surface area contributed by atoms with Crippen molar-refractivity contribution in [2.24, 2.45) is 36.4 Å². The third kappa shape index (κ3) is 23.4. The number of aliphatic imine (C=N–C) groups is 5. The summed E-state index contributed by atoms with van der Waals surface area (Å²) >= 11 is 0. The van der Waals surface area contributed by atoms with Crippen molar-refractivity contribution in [3.05, 3.63) is 239 Å². The van der Waals surface area contributed by atoms with Crippen molar-refractivity contribution in [1.82, 2.24) is 4.90 Å². The van der Waals surface area contributed by atoms with E-state index in [-0.39, 0.29) is 87.9 Å². The predicted molar refractivity (Wildman–Crippen MR) is 457 cm³/mol. The first-order chi connectivity index (χ1) is 57.0. The molecule has 5 aliphatic heterocycles. The zero-order valence-corrected chi connectivity index (χ0v) is 69.3. The van der Waals surface area contributed by atoms with Crippen LogP contribution >= 0.6 is 0 Å². The Morgan fingerprint density at radius 3 is 1.12 bits per heavy atom. The smallest absolute Gasteiger partial charge is 0.289 e. The minimum absolute atomic E-state index is 0. The molecular formula is C89H112F15N11O11. The Morgan fingerprint density at radius 1 is 0.413 bits per heavy atom. The van der Waals surface area contributed by atoms with Crippen LogP contribution < -0.4 is 26.7 Å². The second kappa shape index (κ2) is 43.6. The molecule has 0 aromatic heterocycles. The molecule has 0 saturated carbocycles. The lowest BCUT2D eigenvalue weighted by atomic mass is 9.82. The van der Waals surface area contributed by atoms with E-state index < -0.39 is 176 Å². The van der Waals surface area contributed by atoms with Gasteiger partial charge in [-0.15, -0.1) is 0 Å². The first-order valence-electron chi connectivity index (χ1n) is 38.2. The molecule has 37 heteroatoms. The molecule has 5 heterocycles. The van der Waals surface area contributed by atoms with Gasteiger partial charge in [-0.25, -0.2) is 90.8 Å². The predicted octanol–water partition coefficient (Wildman–Crippen LogP) is 20.8. The summed E-state index contributed by atoms with van der Waals surface area (Å²) < 4.78 is 251. The van der Waals surface area contributed by atoms with Gasteiger partial charge in [-0.05, 0) is 160 Å². The van der Waals surface area contributed by atoms with Crippen LogP contribution in [0.15, 0.2) is 164 Å². The summed E-state index contributed by atoms with van der Waals surface area (Å²) in [6, 6.07) is 31.5. The summed E-state index contributed by atoms with van der Waals surface area (Å²) in [5, 5.41) is 21.7. The van der Waals surface area contributed by atoms with E-state index in [1.807, 2.05) is 55.1 Å². The van der Waals surface area contributed by atoms with Gasteiger partial charge in [-0.1, -0.05) is 84.3 Å². The van der Waals surface area contributed by atoms with Gasteiger partial charge in [-0.3, -0.25) is 20.2 Å². The van der Waals surface area contributed by atoms with Crippen LogP contribution in [0.3, 0.4) is 0 Å². The summed E-state index contributed by atoms with van der Waals surface area (Å²) in [6.45, 7) is 19.9. The number of hydrogen-bond donors (Lipinski definition) is 3. The molecule has 0 amide bonds. The maximum Gasteiger partial charge on any atom is 0.289 e. The number of rotatable bonds is 18. The van der Waals surface area contributed by atoms with Crippen molar-refractivity contribution in [3.63, 3.8) is 0 Å². The SMILES string of the molecule is C.C.C.C.CC1=N[C@](C)(c2cc(N)ccc2F)[C@@H](F)[C@@H]([C@H](C)F)O1.CC1=N[C@](C)(c2cc([N+](=O)[O-])ccc2F)[C@@H](F)[C@@H]([C@H](C)F)O1.COc1ccc(CN(Cc2ccc(C)cc2OC)C2=N[C@](C)(c3ccccc3F)[C@@H](F)[C@@H]([C@H](C)F)O2)c(C)c1.C[C@H](F)[C@H]1OC(N)=N[C@](C)(c2cc([N+](=O)[O-])ccc2F)[C@H]1F.C[C@H](F)[C@H]1OC(N)=N[C@](C)(c2ccccc2F)[C@H]1F. The van der Waals surface area contributed by atoms with Crippen molar-refractivity contribution in [2.75, 3.05) is 20.0 Å². The van der Waals surface area contributed by atoms with Gasteiger partial charge in [0.25, 0.3) is 29.4 Å². The van der Waals surface area contributed by atoms with Crippen molar-refractivity contribution >= 4 is 46.9 Å². The fourth-order valence-electron chi connectivity index (χ4n) is 14.5. The van der Waals surface area contributed by atoms with Gasteiger partial charge in [0.15, 0.2) is 73.2 Å². The number of halogens is 15. The number of methoxy groups -OCH3 is 2. The molecule has 7 aromatic carbocycles. The molecular weight excluding hydrogens is 1680 g/mol. The molecule has 6 N–H and O–H groups in total. The normalized spacial score (nSPS) is 26.8. The van der Waals surface area contributed by atoms with Crippen LogP contribution in [0.2, 0.25) is 0 Å². The number of hydrogen-bond acceptors (Lipinski definition) is 20. The van der Waals surface area contributed by atoms with Gasteiger partial charge in [0.2, 0.25) is 0 Å². The average Bonchev–Trinajstić information content (AvgIpc) is 0.760. The first-order valence-corrected chi connectivity index (χ1v) is 38.2. The maximum atomic E-state index is 15.9. The summed E-state index contributed by atoms with van der Waals surface area (Å²) in [5.41, 5.74) is 10.5. The van der Waals surface area contributed by atoms with E-state index in [1.54, 1.807) is 26.4 Å². The lowest BCUT2D eigenvalue weighted by molar-refractivity contribution is -0.385. The second-order valence-corrected chi connectivity index (χ2v) is 30.6. The van der Waals surface area contributed by atoms with Crippen molar-refractivity contribution in [3.8, 4) is 11.5 Å². The van der Waals surface area contributed by atoms with E-state index in [0.717, 1.165) is 85.5 Å². The van der Waals surface area contributed by atoms with Gasteiger partial charge in [0.1, 0.15) is 99.1 Å². The van der Waals surface area contributed by atoms with E-state index in [9.17, 15) is 81.7 Å². The Kier molecular flexibility index (Phi) is 36.9.